The second-order valence-corrected chi connectivity index (χ2v) is 3.84. The maximum atomic E-state index is 10.5. The van der Waals surface area contributed by atoms with Crippen molar-refractivity contribution in [2.45, 2.75) is 20.8 Å². The first kappa shape index (κ1) is 13.6. The van der Waals surface area contributed by atoms with Crippen LogP contribution in [0.1, 0.15) is 19.4 Å². The molecule has 4 nitrogen and oxygen atoms in total. The Morgan fingerprint density at radius 2 is 2.12 bits per heavy atom. The van der Waals surface area contributed by atoms with Gasteiger partial charge in [-0.2, -0.15) is 0 Å². The Morgan fingerprint density at radius 1 is 1.35 bits per heavy atom. The van der Waals surface area contributed by atoms with Crippen molar-refractivity contribution in [2.75, 3.05) is 31.2 Å². The van der Waals surface area contributed by atoms with Gasteiger partial charge in [0.05, 0.1) is 6.61 Å². The van der Waals surface area contributed by atoms with Gasteiger partial charge in [-0.15, -0.1) is 4.91 Å². The monoisotopic (exact) mass is 236 g/mol. The van der Waals surface area contributed by atoms with Gasteiger partial charge in [-0.3, -0.25) is 0 Å². The zero-order valence-corrected chi connectivity index (χ0v) is 10.8. The van der Waals surface area contributed by atoms with Gasteiger partial charge < -0.3 is 9.64 Å². The van der Waals surface area contributed by atoms with E-state index in [0.717, 1.165) is 37.6 Å². The van der Waals surface area contributed by atoms with Gasteiger partial charge in [-0.1, -0.05) is 0 Å². The number of benzene rings is 1. The van der Waals surface area contributed by atoms with Crippen LogP contribution in [0.5, 0.6) is 0 Å². The molecule has 0 aromatic heterocycles. The molecule has 0 bridgehead atoms. The van der Waals surface area contributed by atoms with Gasteiger partial charge in [-0.05, 0) is 49.7 Å². The number of hydrogen-bond acceptors (Lipinski definition) is 4. The number of hydrogen-bond donors (Lipinski definition) is 0. The molecule has 0 radical (unpaired) electrons. The highest BCUT2D eigenvalue weighted by atomic mass is 16.5. The molecule has 0 aliphatic carbocycles. The van der Waals surface area contributed by atoms with Crippen LogP contribution in [0.2, 0.25) is 0 Å². The summed E-state index contributed by atoms with van der Waals surface area (Å²) in [6.45, 7) is 9.23. The highest BCUT2D eigenvalue weighted by Crippen LogP contribution is 2.24. The van der Waals surface area contributed by atoms with Crippen molar-refractivity contribution >= 4 is 11.4 Å². The molecule has 0 N–H and O–H groups in total. The molecule has 0 heterocycles. The Bertz CT molecular complexity index is 366. The van der Waals surface area contributed by atoms with E-state index in [-0.39, 0.29) is 0 Å². The Kier molecular flexibility index (Phi) is 5.63. The minimum Gasteiger partial charge on any atom is -0.380 e. The van der Waals surface area contributed by atoms with E-state index in [0.29, 0.717) is 5.69 Å². The van der Waals surface area contributed by atoms with Crippen molar-refractivity contribution in [3.05, 3.63) is 28.7 Å². The van der Waals surface area contributed by atoms with Gasteiger partial charge in [0.25, 0.3) is 0 Å². The molecule has 17 heavy (non-hydrogen) atoms. The Labute approximate surface area is 103 Å². The molecule has 1 aromatic rings. The van der Waals surface area contributed by atoms with E-state index in [1.54, 1.807) is 6.07 Å². The number of ether oxygens (including phenoxy) is 1. The van der Waals surface area contributed by atoms with E-state index in [1.165, 1.54) is 0 Å². The van der Waals surface area contributed by atoms with Crippen LogP contribution in [0.4, 0.5) is 11.4 Å². The molecular weight excluding hydrogens is 216 g/mol. The average Bonchev–Trinajstić information content (AvgIpc) is 2.35. The summed E-state index contributed by atoms with van der Waals surface area (Å²) in [7, 11) is 0. The van der Waals surface area contributed by atoms with E-state index in [4.69, 9.17) is 4.74 Å². The summed E-state index contributed by atoms with van der Waals surface area (Å²) < 4.78 is 5.35. The zero-order chi connectivity index (χ0) is 12.7. The molecule has 0 amide bonds. The predicted molar refractivity (Wildman–Crippen MR) is 71.0 cm³/mol. The normalized spacial score (nSPS) is 10.3. The molecule has 4 heteroatoms. The first-order valence-corrected chi connectivity index (χ1v) is 5.99. The van der Waals surface area contributed by atoms with Crippen LogP contribution in [0.3, 0.4) is 0 Å². The zero-order valence-electron chi connectivity index (χ0n) is 10.8. The third-order valence-corrected chi connectivity index (χ3v) is 2.74. The lowest BCUT2D eigenvalue weighted by atomic mass is 10.1. The van der Waals surface area contributed by atoms with Crippen LogP contribution < -0.4 is 4.90 Å². The number of nitrogens with zero attached hydrogens (tertiary/aromatic N) is 2. The molecule has 0 atom stereocenters. The van der Waals surface area contributed by atoms with E-state index in [2.05, 4.69) is 17.0 Å². The molecule has 0 saturated heterocycles. The van der Waals surface area contributed by atoms with Crippen LogP contribution in [-0.4, -0.2) is 26.3 Å². The first-order valence-electron chi connectivity index (χ1n) is 5.99. The summed E-state index contributed by atoms with van der Waals surface area (Å²) in [6, 6.07) is 5.69. The van der Waals surface area contributed by atoms with Crippen LogP contribution in [0, 0.1) is 11.8 Å². The summed E-state index contributed by atoms with van der Waals surface area (Å²) in [5, 5.41) is 2.98. The van der Waals surface area contributed by atoms with Crippen molar-refractivity contribution in [2.24, 2.45) is 5.18 Å². The molecule has 0 fully saturated rings. The number of anilines is 1. The molecule has 94 valence electrons. The van der Waals surface area contributed by atoms with E-state index in [9.17, 15) is 4.91 Å². The molecule has 0 aliphatic rings. The highest BCUT2D eigenvalue weighted by molar-refractivity contribution is 5.57. The van der Waals surface area contributed by atoms with Gasteiger partial charge in [0.15, 0.2) is 0 Å². The Morgan fingerprint density at radius 3 is 2.65 bits per heavy atom. The van der Waals surface area contributed by atoms with Gasteiger partial charge in [-0.25, -0.2) is 0 Å². The predicted octanol–water partition coefficient (Wildman–Crippen LogP) is 3.26. The molecule has 0 saturated carbocycles. The third-order valence-electron chi connectivity index (χ3n) is 2.74. The third kappa shape index (κ3) is 3.82. The quantitative estimate of drug-likeness (QED) is 0.539. The topological polar surface area (TPSA) is 41.9 Å². The molecule has 0 aliphatic heterocycles. The summed E-state index contributed by atoms with van der Waals surface area (Å²) in [4.78, 5) is 12.7. The number of aryl methyl sites for hydroxylation is 1. The fourth-order valence-electron chi connectivity index (χ4n) is 1.73. The van der Waals surface area contributed by atoms with Crippen molar-refractivity contribution in [3.8, 4) is 0 Å². The van der Waals surface area contributed by atoms with Crippen molar-refractivity contribution in [1.29, 1.82) is 0 Å². The minimum atomic E-state index is 0.509. The van der Waals surface area contributed by atoms with E-state index < -0.39 is 0 Å². The molecule has 0 spiro atoms. The summed E-state index contributed by atoms with van der Waals surface area (Å²) in [5.41, 5.74) is 2.53. The fraction of sp³-hybridized carbons (Fsp3) is 0.538. The lowest BCUT2D eigenvalue weighted by Gasteiger charge is -2.23. The van der Waals surface area contributed by atoms with Gasteiger partial charge in [0.2, 0.25) is 0 Å². The smallest absolute Gasteiger partial charge is 0.111 e. The Hall–Kier alpha value is -1.42. The lowest BCUT2D eigenvalue weighted by molar-refractivity contribution is 0.154. The lowest BCUT2D eigenvalue weighted by Crippen LogP contribution is -2.27. The van der Waals surface area contributed by atoms with Crippen molar-refractivity contribution in [1.82, 2.24) is 0 Å². The Balaban J connectivity index is 2.74. The maximum absolute atomic E-state index is 10.5. The number of likely N-dealkylation sites (N-methyl/N-ethyl adjacent to an activating group) is 1. The van der Waals surface area contributed by atoms with Crippen LogP contribution in [0.15, 0.2) is 23.4 Å². The van der Waals surface area contributed by atoms with Gasteiger partial charge in [0, 0.05) is 25.4 Å². The largest absolute Gasteiger partial charge is 0.380 e. The van der Waals surface area contributed by atoms with Crippen LogP contribution in [0.25, 0.3) is 0 Å². The summed E-state index contributed by atoms with van der Waals surface area (Å²) in [5.74, 6) is 0. The average molecular weight is 236 g/mol. The highest BCUT2D eigenvalue weighted by Gasteiger charge is 2.06. The van der Waals surface area contributed by atoms with Crippen LogP contribution >= 0.6 is 0 Å². The second kappa shape index (κ2) is 7.01. The SMILES string of the molecule is CCOCCN(CC)c1ccc(N=O)c(C)c1. The van der Waals surface area contributed by atoms with E-state index >= 15 is 0 Å². The summed E-state index contributed by atoms with van der Waals surface area (Å²) in [6.07, 6.45) is 0. The maximum Gasteiger partial charge on any atom is 0.111 e. The molecule has 1 aromatic carbocycles. The molecule has 1 rings (SSSR count). The van der Waals surface area contributed by atoms with Crippen LogP contribution in [-0.2, 0) is 4.74 Å². The first-order chi connectivity index (χ1) is 8.22. The minimum absolute atomic E-state index is 0.509. The van der Waals surface area contributed by atoms with Crippen molar-refractivity contribution in [3.63, 3.8) is 0 Å². The second-order valence-electron chi connectivity index (χ2n) is 3.84. The number of nitroso groups, excluding NO2 is 1. The fourth-order valence-corrected chi connectivity index (χ4v) is 1.73. The summed E-state index contributed by atoms with van der Waals surface area (Å²) >= 11 is 0. The molecular formula is C13H20N2O2. The van der Waals surface area contributed by atoms with Crippen molar-refractivity contribution < 1.29 is 4.74 Å². The van der Waals surface area contributed by atoms with E-state index in [1.807, 2.05) is 26.0 Å². The standard InChI is InChI=1S/C13H20N2O2/c1-4-15(8-9-17-5-2)12-6-7-13(14-16)11(3)10-12/h6-7,10H,4-5,8-9H2,1-3H3. The van der Waals surface area contributed by atoms with Gasteiger partial charge in [0.1, 0.15) is 5.69 Å². The van der Waals surface area contributed by atoms with Gasteiger partial charge >= 0.3 is 0 Å². The molecule has 0 unspecified atom stereocenters. The number of rotatable bonds is 7.